The molecule has 0 bridgehead atoms. The van der Waals surface area contributed by atoms with Gasteiger partial charge in [0.25, 0.3) is 0 Å². The summed E-state index contributed by atoms with van der Waals surface area (Å²) in [6.07, 6.45) is 0. The van der Waals surface area contributed by atoms with Gasteiger partial charge in [-0.15, -0.1) is 11.8 Å². The van der Waals surface area contributed by atoms with Crippen molar-refractivity contribution in [2.45, 2.75) is 11.8 Å². The van der Waals surface area contributed by atoms with Crippen LogP contribution >= 0.6 is 23.4 Å². The van der Waals surface area contributed by atoms with Crippen LogP contribution in [0, 0.1) is 0 Å². The first kappa shape index (κ1) is 15.9. The molecule has 0 amide bonds. The second kappa shape index (κ2) is 8.05. The number of halogens is 1. The Morgan fingerprint density at radius 2 is 1.81 bits per heavy atom. The van der Waals surface area contributed by atoms with Gasteiger partial charge in [0.15, 0.2) is 11.5 Å². The molecule has 0 unspecified atom stereocenters. The maximum absolute atomic E-state index is 6.13. The molecule has 0 radical (unpaired) electrons. The molecule has 0 fully saturated rings. The largest absolute Gasteiger partial charge is 0.490 e. The SMILES string of the molecule is CCOc1ccccc1OCCSc1ccc(N)cc1Cl. The van der Waals surface area contributed by atoms with Crippen LogP contribution in [0.5, 0.6) is 11.5 Å². The maximum atomic E-state index is 6.13. The van der Waals surface area contributed by atoms with Crippen molar-refractivity contribution >= 4 is 29.1 Å². The highest BCUT2D eigenvalue weighted by molar-refractivity contribution is 7.99. The summed E-state index contributed by atoms with van der Waals surface area (Å²) in [5, 5.41) is 0.676. The van der Waals surface area contributed by atoms with E-state index >= 15 is 0 Å². The van der Waals surface area contributed by atoms with E-state index < -0.39 is 0 Å². The van der Waals surface area contributed by atoms with Crippen LogP contribution in [-0.4, -0.2) is 19.0 Å². The lowest BCUT2D eigenvalue weighted by Crippen LogP contribution is -2.02. The number of nitrogens with two attached hydrogens (primary N) is 1. The minimum absolute atomic E-state index is 0.579. The lowest BCUT2D eigenvalue weighted by molar-refractivity contribution is 0.289. The Hall–Kier alpha value is -1.52. The summed E-state index contributed by atoms with van der Waals surface area (Å²) in [6, 6.07) is 13.2. The second-order valence-electron chi connectivity index (χ2n) is 4.27. The summed E-state index contributed by atoms with van der Waals surface area (Å²) in [5.74, 6) is 2.34. The third-order valence-electron chi connectivity index (χ3n) is 2.70. The van der Waals surface area contributed by atoms with E-state index in [1.165, 1.54) is 0 Å². The topological polar surface area (TPSA) is 44.5 Å². The molecular weight excluding hydrogens is 306 g/mol. The molecule has 2 aromatic carbocycles. The van der Waals surface area contributed by atoms with Crippen LogP contribution in [-0.2, 0) is 0 Å². The zero-order chi connectivity index (χ0) is 15.1. The molecule has 0 spiro atoms. The first-order valence-corrected chi connectivity index (χ1v) is 8.09. The Bertz CT molecular complexity index is 592. The molecule has 21 heavy (non-hydrogen) atoms. The van der Waals surface area contributed by atoms with Crippen LogP contribution in [0.25, 0.3) is 0 Å². The number of benzene rings is 2. The van der Waals surface area contributed by atoms with Crippen LogP contribution in [0.4, 0.5) is 5.69 Å². The van der Waals surface area contributed by atoms with Gasteiger partial charge in [-0.25, -0.2) is 0 Å². The predicted octanol–water partition coefficient (Wildman–Crippen LogP) is 4.49. The fraction of sp³-hybridized carbons (Fsp3) is 0.250. The normalized spacial score (nSPS) is 10.4. The highest BCUT2D eigenvalue weighted by Crippen LogP contribution is 2.30. The van der Waals surface area contributed by atoms with Crippen LogP contribution in [0.1, 0.15) is 6.92 Å². The van der Waals surface area contributed by atoms with Crippen molar-refractivity contribution in [2.75, 3.05) is 24.7 Å². The monoisotopic (exact) mass is 323 g/mol. The van der Waals surface area contributed by atoms with Gasteiger partial charge in [-0.1, -0.05) is 23.7 Å². The van der Waals surface area contributed by atoms with Crippen molar-refractivity contribution in [2.24, 2.45) is 0 Å². The first-order valence-electron chi connectivity index (χ1n) is 6.73. The van der Waals surface area contributed by atoms with Gasteiger partial charge in [-0.2, -0.15) is 0 Å². The van der Waals surface area contributed by atoms with E-state index in [1.807, 2.05) is 43.3 Å². The third-order valence-corrected chi connectivity index (χ3v) is 4.17. The van der Waals surface area contributed by atoms with E-state index in [9.17, 15) is 0 Å². The number of nitrogen functional groups attached to an aromatic ring is 1. The summed E-state index contributed by atoms with van der Waals surface area (Å²) < 4.78 is 11.3. The number of para-hydroxylation sites is 2. The van der Waals surface area contributed by atoms with Gasteiger partial charge in [0.1, 0.15) is 0 Å². The zero-order valence-corrected chi connectivity index (χ0v) is 13.4. The number of hydrogen-bond donors (Lipinski definition) is 1. The Morgan fingerprint density at radius 1 is 1.10 bits per heavy atom. The quantitative estimate of drug-likeness (QED) is 0.463. The summed E-state index contributed by atoms with van der Waals surface area (Å²) >= 11 is 7.77. The fourth-order valence-electron chi connectivity index (χ4n) is 1.78. The van der Waals surface area contributed by atoms with Crippen molar-refractivity contribution in [1.82, 2.24) is 0 Å². The molecule has 0 aromatic heterocycles. The van der Waals surface area contributed by atoms with E-state index in [0.717, 1.165) is 22.1 Å². The molecule has 0 aliphatic carbocycles. The van der Waals surface area contributed by atoms with Crippen molar-refractivity contribution in [3.05, 3.63) is 47.5 Å². The lowest BCUT2D eigenvalue weighted by Gasteiger charge is -2.11. The number of anilines is 1. The standard InChI is InChI=1S/C16H18ClNO2S/c1-2-19-14-5-3-4-6-15(14)20-9-10-21-16-8-7-12(18)11-13(16)17/h3-8,11H,2,9-10,18H2,1H3. The van der Waals surface area contributed by atoms with Gasteiger partial charge in [0.2, 0.25) is 0 Å². The smallest absolute Gasteiger partial charge is 0.161 e. The van der Waals surface area contributed by atoms with Crippen LogP contribution < -0.4 is 15.2 Å². The molecule has 0 aliphatic heterocycles. The number of hydrogen-bond acceptors (Lipinski definition) is 4. The van der Waals surface area contributed by atoms with E-state index in [0.29, 0.717) is 23.9 Å². The van der Waals surface area contributed by atoms with Crippen molar-refractivity contribution < 1.29 is 9.47 Å². The summed E-state index contributed by atoms with van der Waals surface area (Å²) in [4.78, 5) is 1.01. The van der Waals surface area contributed by atoms with Gasteiger partial charge in [-0.3, -0.25) is 0 Å². The molecule has 3 nitrogen and oxygen atoms in total. The molecule has 2 N–H and O–H groups in total. The first-order chi connectivity index (χ1) is 10.2. The lowest BCUT2D eigenvalue weighted by atomic mass is 10.3. The Balaban J connectivity index is 1.84. The zero-order valence-electron chi connectivity index (χ0n) is 11.8. The third kappa shape index (κ3) is 4.76. The molecule has 2 rings (SSSR count). The van der Waals surface area contributed by atoms with E-state index in [2.05, 4.69) is 0 Å². The highest BCUT2D eigenvalue weighted by Gasteiger charge is 2.05. The summed E-state index contributed by atoms with van der Waals surface area (Å²) in [5.41, 5.74) is 6.34. The molecule has 5 heteroatoms. The highest BCUT2D eigenvalue weighted by atomic mass is 35.5. The fourth-order valence-corrected chi connectivity index (χ4v) is 2.88. The molecular formula is C16H18ClNO2S. The van der Waals surface area contributed by atoms with Gasteiger partial charge in [0.05, 0.1) is 18.2 Å². The van der Waals surface area contributed by atoms with Crippen molar-refractivity contribution in [1.29, 1.82) is 0 Å². The van der Waals surface area contributed by atoms with Crippen LogP contribution in [0.2, 0.25) is 5.02 Å². The minimum Gasteiger partial charge on any atom is -0.490 e. The molecule has 0 saturated heterocycles. The van der Waals surface area contributed by atoms with E-state index in [4.69, 9.17) is 26.8 Å². The Morgan fingerprint density at radius 3 is 2.48 bits per heavy atom. The number of ether oxygens (including phenoxy) is 2. The van der Waals surface area contributed by atoms with Gasteiger partial charge in [-0.05, 0) is 37.3 Å². The van der Waals surface area contributed by atoms with Crippen molar-refractivity contribution in [3.63, 3.8) is 0 Å². The number of rotatable bonds is 7. The molecule has 0 aliphatic rings. The summed E-state index contributed by atoms with van der Waals surface area (Å²) in [7, 11) is 0. The number of thioether (sulfide) groups is 1. The van der Waals surface area contributed by atoms with E-state index in [1.54, 1.807) is 17.8 Å². The van der Waals surface area contributed by atoms with Gasteiger partial charge < -0.3 is 15.2 Å². The maximum Gasteiger partial charge on any atom is 0.161 e. The minimum atomic E-state index is 0.579. The molecule has 0 heterocycles. The Labute approximate surface area is 134 Å². The predicted molar refractivity (Wildman–Crippen MR) is 89.7 cm³/mol. The average Bonchev–Trinajstić information content (AvgIpc) is 2.47. The van der Waals surface area contributed by atoms with Gasteiger partial charge in [0, 0.05) is 16.3 Å². The van der Waals surface area contributed by atoms with Gasteiger partial charge >= 0.3 is 0 Å². The molecule has 0 atom stereocenters. The van der Waals surface area contributed by atoms with Crippen LogP contribution in [0.3, 0.4) is 0 Å². The molecule has 112 valence electrons. The van der Waals surface area contributed by atoms with Crippen molar-refractivity contribution in [3.8, 4) is 11.5 Å². The Kier molecular flexibility index (Phi) is 6.08. The summed E-state index contributed by atoms with van der Waals surface area (Å²) in [6.45, 7) is 3.15. The average molecular weight is 324 g/mol. The molecule has 2 aromatic rings. The molecule has 0 saturated carbocycles. The van der Waals surface area contributed by atoms with E-state index in [-0.39, 0.29) is 0 Å². The van der Waals surface area contributed by atoms with Crippen LogP contribution in [0.15, 0.2) is 47.4 Å². The second-order valence-corrected chi connectivity index (χ2v) is 5.81.